The van der Waals surface area contributed by atoms with E-state index in [4.69, 9.17) is 9.47 Å². The van der Waals surface area contributed by atoms with Crippen LogP contribution in [0.2, 0.25) is 0 Å². The summed E-state index contributed by atoms with van der Waals surface area (Å²) in [5, 5.41) is 0. The summed E-state index contributed by atoms with van der Waals surface area (Å²) < 4.78 is 11.6. The zero-order valence-electron chi connectivity index (χ0n) is 40.7. The van der Waals surface area contributed by atoms with Crippen LogP contribution in [0.15, 0.2) is 12.2 Å². The molecule has 0 aliphatic carbocycles. The van der Waals surface area contributed by atoms with Crippen LogP contribution in [-0.4, -0.2) is 74.2 Å². The molecule has 0 aromatic rings. The van der Waals surface area contributed by atoms with Crippen LogP contribution in [0.5, 0.6) is 0 Å². The summed E-state index contributed by atoms with van der Waals surface area (Å²) in [5.74, 6) is 0.0300. The number of hydrogen-bond acceptors (Lipinski definition) is 6. The first-order chi connectivity index (χ1) is 28.9. The van der Waals surface area contributed by atoms with Crippen molar-refractivity contribution < 1.29 is 19.1 Å². The number of rotatable bonds is 48. The molecule has 0 heterocycles. The molecule has 6 nitrogen and oxygen atoms in total. The van der Waals surface area contributed by atoms with Gasteiger partial charge in [0.25, 0.3) is 0 Å². The Hall–Kier alpha value is -1.40. The minimum absolute atomic E-state index is 0.00747. The van der Waals surface area contributed by atoms with Crippen molar-refractivity contribution in [1.29, 1.82) is 0 Å². The third kappa shape index (κ3) is 43.1. The lowest BCUT2D eigenvalue weighted by atomic mass is 10.0. The molecule has 0 spiro atoms. The molecule has 0 radical (unpaired) electrons. The molecule has 0 fully saturated rings. The Bertz CT molecular complexity index is 894. The molecule has 0 N–H and O–H groups in total. The van der Waals surface area contributed by atoms with Gasteiger partial charge in [-0.15, -0.1) is 0 Å². The Morgan fingerprint density at radius 3 is 1.36 bits per heavy atom. The number of carbonyl (C=O) groups excluding carboxylic acids is 2. The Kier molecular flexibility index (Phi) is 45.0. The molecule has 0 atom stereocenters. The minimum atomic E-state index is -0.00747. The van der Waals surface area contributed by atoms with E-state index in [2.05, 4.69) is 51.1 Å². The molecule has 6 heteroatoms. The number of carbonyl (C=O) groups is 2. The SMILES string of the molecule is C=C(CCCN(CCCCCCCC(=O)OCCCCCCCCC)CCCCCCCC(=O)OC(CCCCCCCC)CCCCCCCC)CCN(C)CCC. The van der Waals surface area contributed by atoms with E-state index in [1.807, 2.05) is 0 Å². The lowest BCUT2D eigenvalue weighted by Crippen LogP contribution is -2.27. The maximum atomic E-state index is 12.9. The number of ether oxygens (including phenoxy) is 2. The summed E-state index contributed by atoms with van der Waals surface area (Å²) >= 11 is 0. The fraction of sp³-hybridized carbons (Fsp3) is 0.925. The Labute approximate surface area is 369 Å². The van der Waals surface area contributed by atoms with E-state index in [1.165, 1.54) is 173 Å². The van der Waals surface area contributed by atoms with Crippen molar-refractivity contribution >= 4 is 11.9 Å². The van der Waals surface area contributed by atoms with Crippen molar-refractivity contribution in [2.45, 2.75) is 271 Å². The standard InChI is InChI=1S/C53H104N2O4/c1-7-11-14-17-20-29-36-49-58-52(56)41-32-25-21-27-34-45-55(47-37-38-50(5)43-48-54(6)44-10-4)46-35-28-22-26-33-42-53(57)59-51(39-30-23-18-15-12-8-2)40-31-24-19-16-13-9-3/h51H,5,7-49H2,1-4,6H3. The third-order valence-electron chi connectivity index (χ3n) is 12.2. The summed E-state index contributed by atoms with van der Waals surface area (Å²) in [4.78, 5) is 30.2. The van der Waals surface area contributed by atoms with Crippen molar-refractivity contribution in [3.63, 3.8) is 0 Å². The first-order valence-corrected chi connectivity index (χ1v) is 26.3. The van der Waals surface area contributed by atoms with E-state index in [9.17, 15) is 9.59 Å². The van der Waals surface area contributed by atoms with Crippen molar-refractivity contribution in [2.24, 2.45) is 0 Å². The molecule has 0 bridgehead atoms. The normalized spacial score (nSPS) is 11.7. The monoisotopic (exact) mass is 833 g/mol. The zero-order chi connectivity index (χ0) is 43.3. The molecule has 0 saturated carbocycles. The predicted molar refractivity (Wildman–Crippen MR) is 257 cm³/mol. The summed E-state index contributed by atoms with van der Waals surface area (Å²) in [6.45, 7) is 19.8. The molecule has 0 aromatic carbocycles. The Morgan fingerprint density at radius 1 is 0.424 bits per heavy atom. The molecule has 0 aliphatic rings. The van der Waals surface area contributed by atoms with Gasteiger partial charge in [0.05, 0.1) is 6.61 Å². The highest BCUT2D eigenvalue weighted by Gasteiger charge is 2.15. The van der Waals surface area contributed by atoms with Gasteiger partial charge in [-0.2, -0.15) is 0 Å². The van der Waals surface area contributed by atoms with Gasteiger partial charge < -0.3 is 19.3 Å². The summed E-state index contributed by atoms with van der Waals surface area (Å²) in [7, 11) is 2.22. The van der Waals surface area contributed by atoms with E-state index >= 15 is 0 Å². The summed E-state index contributed by atoms with van der Waals surface area (Å²) in [5.41, 5.74) is 1.39. The second-order valence-electron chi connectivity index (χ2n) is 18.4. The van der Waals surface area contributed by atoms with Gasteiger partial charge in [0, 0.05) is 19.4 Å². The number of nitrogens with zero attached hydrogens (tertiary/aromatic N) is 2. The molecule has 59 heavy (non-hydrogen) atoms. The number of hydrogen-bond donors (Lipinski definition) is 0. The Balaban J connectivity index is 4.49. The molecule has 0 unspecified atom stereocenters. The van der Waals surface area contributed by atoms with Crippen LogP contribution in [0, 0.1) is 0 Å². The topological polar surface area (TPSA) is 59.1 Å². The van der Waals surface area contributed by atoms with Gasteiger partial charge in [0.1, 0.15) is 6.10 Å². The molecular formula is C53H104N2O4. The highest BCUT2D eigenvalue weighted by atomic mass is 16.5. The quantitative estimate of drug-likeness (QED) is 0.0346. The van der Waals surface area contributed by atoms with Crippen molar-refractivity contribution in [3.8, 4) is 0 Å². The number of esters is 2. The number of unbranched alkanes of at least 4 members (excludes halogenated alkanes) is 24. The third-order valence-corrected chi connectivity index (χ3v) is 12.2. The lowest BCUT2D eigenvalue weighted by molar-refractivity contribution is -0.150. The van der Waals surface area contributed by atoms with E-state index in [0.717, 1.165) is 90.5 Å². The largest absolute Gasteiger partial charge is 0.466 e. The highest BCUT2D eigenvalue weighted by molar-refractivity contribution is 5.69. The Morgan fingerprint density at radius 2 is 0.847 bits per heavy atom. The van der Waals surface area contributed by atoms with Crippen LogP contribution in [-0.2, 0) is 19.1 Å². The molecule has 0 aromatic heterocycles. The minimum Gasteiger partial charge on any atom is -0.466 e. The van der Waals surface area contributed by atoms with Gasteiger partial charge in [0.2, 0.25) is 0 Å². The molecule has 350 valence electrons. The van der Waals surface area contributed by atoms with E-state index in [-0.39, 0.29) is 18.0 Å². The van der Waals surface area contributed by atoms with Crippen LogP contribution in [0.4, 0.5) is 0 Å². The maximum Gasteiger partial charge on any atom is 0.306 e. The average molecular weight is 833 g/mol. The fourth-order valence-electron chi connectivity index (χ4n) is 8.25. The van der Waals surface area contributed by atoms with E-state index in [0.29, 0.717) is 19.4 Å². The van der Waals surface area contributed by atoms with Crippen molar-refractivity contribution in [2.75, 3.05) is 46.4 Å². The molecular weight excluding hydrogens is 729 g/mol. The van der Waals surface area contributed by atoms with E-state index in [1.54, 1.807) is 0 Å². The van der Waals surface area contributed by atoms with Crippen molar-refractivity contribution in [1.82, 2.24) is 9.80 Å². The zero-order valence-corrected chi connectivity index (χ0v) is 40.7. The van der Waals surface area contributed by atoms with Crippen molar-refractivity contribution in [3.05, 3.63) is 12.2 Å². The van der Waals surface area contributed by atoms with Gasteiger partial charge in [-0.3, -0.25) is 9.59 Å². The molecule has 0 saturated heterocycles. The second kappa shape index (κ2) is 46.1. The van der Waals surface area contributed by atoms with E-state index < -0.39 is 0 Å². The maximum absolute atomic E-state index is 12.9. The van der Waals surface area contributed by atoms with Gasteiger partial charge in [-0.1, -0.05) is 181 Å². The second-order valence-corrected chi connectivity index (χ2v) is 18.4. The smallest absolute Gasteiger partial charge is 0.306 e. The van der Waals surface area contributed by atoms with Gasteiger partial charge >= 0.3 is 11.9 Å². The van der Waals surface area contributed by atoms with Gasteiger partial charge in [-0.05, 0) is 117 Å². The predicted octanol–water partition coefficient (Wildman–Crippen LogP) is 15.7. The van der Waals surface area contributed by atoms with Crippen LogP contribution in [0.1, 0.15) is 265 Å². The fourth-order valence-corrected chi connectivity index (χ4v) is 8.25. The average Bonchev–Trinajstić information content (AvgIpc) is 3.22. The van der Waals surface area contributed by atoms with Crippen LogP contribution >= 0.6 is 0 Å². The first-order valence-electron chi connectivity index (χ1n) is 26.3. The highest BCUT2D eigenvalue weighted by Crippen LogP contribution is 2.19. The van der Waals surface area contributed by atoms with Crippen LogP contribution < -0.4 is 0 Å². The van der Waals surface area contributed by atoms with Gasteiger partial charge in [-0.25, -0.2) is 0 Å². The van der Waals surface area contributed by atoms with Crippen LogP contribution in [0.25, 0.3) is 0 Å². The molecule has 0 amide bonds. The summed E-state index contributed by atoms with van der Waals surface area (Å²) in [6.07, 6.45) is 43.6. The molecule has 0 rings (SSSR count). The lowest BCUT2D eigenvalue weighted by Gasteiger charge is -2.23. The molecule has 0 aliphatic heterocycles. The van der Waals surface area contributed by atoms with Gasteiger partial charge in [0.15, 0.2) is 0 Å². The summed E-state index contributed by atoms with van der Waals surface area (Å²) in [6, 6.07) is 0. The first kappa shape index (κ1) is 57.6. The van der Waals surface area contributed by atoms with Crippen LogP contribution in [0.3, 0.4) is 0 Å².